The van der Waals surface area contributed by atoms with Crippen molar-refractivity contribution >= 4 is 71.2 Å². The summed E-state index contributed by atoms with van der Waals surface area (Å²) in [5, 5.41) is 16.6. The predicted molar refractivity (Wildman–Crippen MR) is 243 cm³/mol. The smallest absolute Gasteiger partial charge is 0.293 e. The molecule has 8 rings (SSSR count). The minimum Gasteiger partial charge on any atom is -0.455 e. The van der Waals surface area contributed by atoms with E-state index in [0.717, 1.165) is 68.4 Å². The number of hydrogen-bond donors (Lipinski definition) is 3. The second-order valence-corrected chi connectivity index (χ2v) is 21.3. The van der Waals surface area contributed by atoms with Gasteiger partial charge < -0.3 is 19.9 Å². The van der Waals surface area contributed by atoms with E-state index in [4.69, 9.17) is 16.3 Å². The van der Waals surface area contributed by atoms with Crippen LogP contribution in [0.3, 0.4) is 0 Å². The van der Waals surface area contributed by atoms with Gasteiger partial charge in [0.15, 0.2) is 0 Å². The standard InChI is InChI=1S/C44H49ClN8O8S2/c1-44(2)15-12-31(38(25-44)29-4-6-32(45)7-5-29)27-50-18-20-51(21-19-50)34-8-10-37(41(23-34)61-35-22-30-13-16-46-42(30)47-26-35)43(54)49-63(59,60)36-9-11-39(40(24-36)53(55)56)48-33-14-17-52(28-33)62(3,57)58/h4-11,13,16,22-24,26,33,48H,12,14-15,17-21,25,27-28H2,1-3H3,(H,46,47)(H,49,54)/t33-/m1/s1. The Morgan fingerprint density at radius 3 is 2.48 bits per heavy atom. The minimum absolute atomic E-state index is 0.0172. The van der Waals surface area contributed by atoms with Crippen molar-refractivity contribution in [2.24, 2.45) is 5.41 Å². The van der Waals surface area contributed by atoms with Gasteiger partial charge in [-0.2, -0.15) is 0 Å². The number of aromatic amines is 1. The summed E-state index contributed by atoms with van der Waals surface area (Å²) in [5.74, 6) is -0.594. The van der Waals surface area contributed by atoms with Crippen molar-refractivity contribution in [3.8, 4) is 11.5 Å². The van der Waals surface area contributed by atoms with Crippen LogP contribution in [0, 0.1) is 15.5 Å². The molecule has 1 atom stereocenters. The Bertz CT molecular complexity index is 2820. The number of aromatic nitrogens is 2. The average Bonchev–Trinajstić information content (AvgIpc) is 3.92. The topological polar surface area (TPSA) is 200 Å². The molecule has 0 radical (unpaired) electrons. The van der Waals surface area contributed by atoms with Crippen LogP contribution in [0.4, 0.5) is 17.1 Å². The van der Waals surface area contributed by atoms with E-state index in [0.29, 0.717) is 35.9 Å². The zero-order chi connectivity index (χ0) is 44.7. The van der Waals surface area contributed by atoms with E-state index in [9.17, 15) is 31.7 Å². The summed E-state index contributed by atoms with van der Waals surface area (Å²) < 4.78 is 61.0. The third kappa shape index (κ3) is 10.2. The second kappa shape index (κ2) is 17.6. The van der Waals surface area contributed by atoms with Gasteiger partial charge in [-0.25, -0.2) is 30.8 Å². The quantitative estimate of drug-likeness (QED) is 0.0790. The first-order valence-electron chi connectivity index (χ1n) is 20.7. The van der Waals surface area contributed by atoms with Gasteiger partial charge in [-0.05, 0) is 90.8 Å². The van der Waals surface area contributed by atoms with Crippen molar-refractivity contribution in [1.29, 1.82) is 0 Å². The zero-order valence-corrected chi connectivity index (χ0v) is 37.5. The fraction of sp³-hybridized carbons (Fsp3) is 0.364. The number of nitrogens with one attached hydrogen (secondary N) is 3. The number of fused-ring (bicyclic) bond motifs is 1. The number of hydrogen-bond acceptors (Lipinski definition) is 12. The molecular weight excluding hydrogens is 868 g/mol. The fourth-order valence-corrected chi connectivity index (χ4v) is 10.5. The molecule has 19 heteroatoms. The normalized spacial score (nSPS) is 18.7. The van der Waals surface area contributed by atoms with Gasteiger partial charge in [0, 0.05) is 86.3 Å². The van der Waals surface area contributed by atoms with Crippen molar-refractivity contribution < 1.29 is 31.3 Å². The number of H-pyrrole nitrogens is 1. The molecule has 332 valence electrons. The van der Waals surface area contributed by atoms with Crippen LogP contribution < -0.4 is 19.7 Å². The Hall–Kier alpha value is -5.53. The highest BCUT2D eigenvalue weighted by Gasteiger charge is 2.32. The van der Waals surface area contributed by atoms with Crippen molar-refractivity contribution in [1.82, 2.24) is 23.9 Å². The number of allylic oxidation sites excluding steroid dienone is 1. The number of nitro groups is 1. The van der Waals surface area contributed by atoms with Crippen molar-refractivity contribution in [3.05, 3.63) is 117 Å². The number of rotatable bonds is 13. The Labute approximate surface area is 371 Å². The molecule has 16 nitrogen and oxygen atoms in total. The van der Waals surface area contributed by atoms with Gasteiger partial charge in [0.05, 0.1) is 27.8 Å². The van der Waals surface area contributed by atoms with Crippen LogP contribution in [0.25, 0.3) is 16.6 Å². The van der Waals surface area contributed by atoms with Gasteiger partial charge >= 0.3 is 0 Å². The molecule has 2 aromatic heterocycles. The van der Waals surface area contributed by atoms with E-state index in [-0.39, 0.29) is 35.5 Å². The van der Waals surface area contributed by atoms with Crippen molar-refractivity contribution in [2.45, 2.75) is 50.5 Å². The number of sulfonamides is 2. The monoisotopic (exact) mass is 916 g/mol. The number of carbonyl (C=O) groups is 1. The van der Waals surface area contributed by atoms with Crippen LogP contribution in [0.15, 0.2) is 95.7 Å². The molecule has 5 aromatic rings. The molecule has 1 amide bonds. The van der Waals surface area contributed by atoms with E-state index in [1.807, 2.05) is 18.2 Å². The summed E-state index contributed by atoms with van der Waals surface area (Å²) >= 11 is 6.23. The van der Waals surface area contributed by atoms with Gasteiger partial charge in [-0.1, -0.05) is 43.2 Å². The maximum atomic E-state index is 13.9. The molecule has 1 aliphatic carbocycles. The molecule has 0 bridgehead atoms. The predicted octanol–water partition coefficient (Wildman–Crippen LogP) is 7.27. The third-order valence-electron chi connectivity index (χ3n) is 12.0. The summed E-state index contributed by atoms with van der Waals surface area (Å²) in [6.07, 6.45) is 7.88. The Morgan fingerprint density at radius 1 is 1.00 bits per heavy atom. The van der Waals surface area contributed by atoms with Crippen LogP contribution in [-0.4, -0.2) is 105 Å². The van der Waals surface area contributed by atoms with Crippen molar-refractivity contribution in [3.63, 3.8) is 0 Å². The van der Waals surface area contributed by atoms with Crippen LogP contribution in [0.5, 0.6) is 11.5 Å². The van der Waals surface area contributed by atoms with Gasteiger partial charge in [-0.3, -0.25) is 19.8 Å². The number of nitro benzene ring substituents is 1. The van der Waals surface area contributed by atoms with Gasteiger partial charge in [0.25, 0.3) is 21.6 Å². The van der Waals surface area contributed by atoms with E-state index < -0.39 is 47.5 Å². The first-order chi connectivity index (χ1) is 29.9. The Morgan fingerprint density at radius 2 is 1.76 bits per heavy atom. The first-order valence-corrected chi connectivity index (χ1v) is 24.4. The number of piperazine rings is 1. The number of ether oxygens (including phenoxy) is 1. The zero-order valence-electron chi connectivity index (χ0n) is 35.1. The lowest BCUT2D eigenvalue weighted by Crippen LogP contribution is -2.47. The number of benzene rings is 3. The number of carbonyl (C=O) groups excluding carboxylic acids is 1. The minimum atomic E-state index is -4.64. The lowest BCUT2D eigenvalue weighted by molar-refractivity contribution is -0.384. The van der Waals surface area contributed by atoms with E-state index >= 15 is 0 Å². The highest BCUT2D eigenvalue weighted by atomic mass is 35.5. The third-order valence-corrected chi connectivity index (χ3v) is 14.9. The maximum absolute atomic E-state index is 13.9. The highest BCUT2D eigenvalue weighted by Crippen LogP contribution is 2.43. The lowest BCUT2D eigenvalue weighted by atomic mass is 9.72. The second-order valence-electron chi connectivity index (χ2n) is 17.2. The summed E-state index contributed by atoms with van der Waals surface area (Å²) in [6, 6.07) is 19.5. The number of pyridine rings is 1. The Kier molecular flexibility index (Phi) is 12.3. The fourth-order valence-electron chi connectivity index (χ4n) is 8.53. The summed E-state index contributed by atoms with van der Waals surface area (Å²) in [4.78, 5) is 36.9. The largest absolute Gasteiger partial charge is 0.455 e. The SMILES string of the molecule is CC1(C)CCC(CN2CCN(c3ccc(C(=O)NS(=O)(=O)c4ccc(N[C@@H]5CCN(S(C)(=O)=O)C5)c([N+](=O)[O-])c4)c(Oc4cnc5[nH]ccc5c4)c3)CC2)=C(c2ccc(Cl)cc2)C1. The molecule has 63 heavy (non-hydrogen) atoms. The van der Waals surface area contributed by atoms with Crippen LogP contribution in [-0.2, 0) is 20.0 Å². The molecule has 2 aliphatic heterocycles. The average molecular weight is 918 g/mol. The van der Waals surface area contributed by atoms with Crippen LogP contribution in [0.1, 0.15) is 55.5 Å². The summed E-state index contributed by atoms with van der Waals surface area (Å²) in [5.41, 5.74) is 5.08. The van der Waals surface area contributed by atoms with Crippen LogP contribution in [0.2, 0.25) is 5.02 Å². The van der Waals surface area contributed by atoms with Gasteiger partial charge in [-0.15, -0.1) is 0 Å². The van der Waals surface area contributed by atoms with Gasteiger partial charge in [0.2, 0.25) is 10.0 Å². The van der Waals surface area contributed by atoms with E-state index in [1.54, 1.807) is 24.4 Å². The highest BCUT2D eigenvalue weighted by molar-refractivity contribution is 7.90. The first kappa shape index (κ1) is 44.1. The maximum Gasteiger partial charge on any atom is 0.293 e. The lowest BCUT2D eigenvalue weighted by Gasteiger charge is -2.39. The van der Waals surface area contributed by atoms with E-state index in [2.05, 4.69) is 55.8 Å². The number of amides is 1. The molecular formula is C44H49ClN8O8S2. The Balaban J connectivity index is 1.01. The van der Waals surface area contributed by atoms with Crippen LogP contribution >= 0.6 is 11.6 Å². The molecule has 3 aromatic carbocycles. The summed E-state index contributed by atoms with van der Waals surface area (Å²) in [6.45, 7) is 8.85. The molecule has 2 saturated heterocycles. The molecule has 0 unspecified atom stereocenters. The molecule has 3 aliphatic rings. The molecule has 4 heterocycles. The van der Waals surface area contributed by atoms with Crippen molar-refractivity contribution in [2.75, 3.05) is 62.3 Å². The number of halogens is 1. The van der Waals surface area contributed by atoms with Gasteiger partial charge in [0.1, 0.15) is 22.8 Å². The molecule has 2 fully saturated rings. The molecule has 0 saturated carbocycles. The number of anilines is 2. The van der Waals surface area contributed by atoms with E-state index in [1.165, 1.54) is 39.3 Å². The molecule has 0 spiro atoms. The summed E-state index contributed by atoms with van der Waals surface area (Å²) in [7, 11) is -8.09. The number of nitrogens with zero attached hydrogens (tertiary/aromatic N) is 5. The molecule has 3 N–H and O–H groups in total.